The molecule has 1 saturated heterocycles. The number of nitrogens with zero attached hydrogens (tertiary/aromatic N) is 4. The number of rotatable bonds is 3. The molecule has 2 aromatic rings. The molecule has 0 aliphatic carbocycles. The highest BCUT2D eigenvalue weighted by atomic mass is 35.5. The number of aromatic nitrogens is 1. The summed E-state index contributed by atoms with van der Waals surface area (Å²) in [6, 6.07) is 4.79. The van der Waals surface area contributed by atoms with Gasteiger partial charge < -0.3 is 9.32 Å². The summed E-state index contributed by atoms with van der Waals surface area (Å²) in [5, 5.41) is 4.66. The standard InChI is InChI=1S/C13H13ClN4O4/c14-9-1-2-11-10(7-9)18(13(20)22-11)8-12(19)16-3-5-17(15-21)6-4-16/h1-2,7H,3-6,8H2. The molecule has 1 fully saturated rings. The van der Waals surface area contributed by atoms with Crippen molar-refractivity contribution in [2.75, 3.05) is 26.2 Å². The summed E-state index contributed by atoms with van der Waals surface area (Å²) >= 11 is 5.92. The van der Waals surface area contributed by atoms with Crippen LogP contribution in [0.25, 0.3) is 11.1 Å². The molecular formula is C13H13ClN4O4. The lowest BCUT2D eigenvalue weighted by Crippen LogP contribution is -2.48. The first-order chi connectivity index (χ1) is 10.6. The molecule has 22 heavy (non-hydrogen) atoms. The maximum Gasteiger partial charge on any atom is 0.420 e. The number of hydrogen-bond donors (Lipinski definition) is 0. The zero-order valence-corrected chi connectivity index (χ0v) is 12.3. The maximum atomic E-state index is 12.3. The van der Waals surface area contributed by atoms with Gasteiger partial charge in [0.05, 0.1) is 23.9 Å². The number of hydrogen-bond acceptors (Lipinski definition) is 5. The third kappa shape index (κ3) is 2.69. The number of carbonyl (C=O) groups is 1. The van der Waals surface area contributed by atoms with Gasteiger partial charge in [-0.25, -0.2) is 4.79 Å². The molecule has 0 N–H and O–H groups in total. The van der Waals surface area contributed by atoms with Crippen molar-refractivity contribution in [1.29, 1.82) is 0 Å². The lowest BCUT2D eigenvalue weighted by atomic mass is 10.3. The Balaban J connectivity index is 1.80. The summed E-state index contributed by atoms with van der Waals surface area (Å²) in [5.74, 6) is -0.811. The Morgan fingerprint density at radius 3 is 2.68 bits per heavy atom. The van der Waals surface area contributed by atoms with E-state index in [-0.39, 0.29) is 12.5 Å². The molecule has 0 bridgehead atoms. The maximum absolute atomic E-state index is 12.3. The van der Waals surface area contributed by atoms with E-state index in [9.17, 15) is 14.5 Å². The number of benzene rings is 1. The molecule has 2 heterocycles. The number of carbonyl (C=O) groups excluding carboxylic acids is 1. The zero-order valence-electron chi connectivity index (χ0n) is 11.6. The molecule has 1 aromatic heterocycles. The summed E-state index contributed by atoms with van der Waals surface area (Å²) in [6.07, 6.45) is 0. The average Bonchev–Trinajstić information content (AvgIpc) is 2.83. The van der Waals surface area contributed by atoms with Gasteiger partial charge in [0.25, 0.3) is 0 Å². The van der Waals surface area contributed by atoms with Gasteiger partial charge in [-0.1, -0.05) is 11.6 Å². The molecule has 1 aliphatic rings. The van der Waals surface area contributed by atoms with Crippen LogP contribution < -0.4 is 5.76 Å². The fourth-order valence-electron chi connectivity index (χ4n) is 2.45. The van der Waals surface area contributed by atoms with Crippen LogP contribution in [0.1, 0.15) is 0 Å². The summed E-state index contributed by atoms with van der Waals surface area (Å²) in [5.41, 5.74) is 0.871. The minimum atomic E-state index is -0.598. The second-order valence-electron chi connectivity index (χ2n) is 4.98. The van der Waals surface area contributed by atoms with Gasteiger partial charge in [0.2, 0.25) is 5.91 Å². The fraction of sp³-hybridized carbons (Fsp3) is 0.385. The molecule has 0 spiro atoms. The van der Waals surface area contributed by atoms with Crippen molar-refractivity contribution in [1.82, 2.24) is 14.5 Å². The first-order valence-electron chi connectivity index (χ1n) is 6.73. The Kier molecular flexibility index (Phi) is 3.84. The summed E-state index contributed by atoms with van der Waals surface area (Å²) in [4.78, 5) is 36.2. The lowest BCUT2D eigenvalue weighted by Gasteiger charge is -2.31. The van der Waals surface area contributed by atoms with E-state index in [0.29, 0.717) is 42.3 Å². The van der Waals surface area contributed by atoms with Gasteiger partial charge in [0.15, 0.2) is 5.58 Å². The van der Waals surface area contributed by atoms with Crippen LogP contribution >= 0.6 is 11.6 Å². The Morgan fingerprint density at radius 1 is 1.27 bits per heavy atom. The summed E-state index contributed by atoms with van der Waals surface area (Å²) in [7, 11) is 0. The number of fused-ring (bicyclic) bond motifs is 1. The van der Waals surface area contributed by atoms with Crippen LogP contribution in [0.5, 0.6) is 0 Å². The molecular weight excluding hydrogens is 312 g/mol. The Hall–Kier alpha value is -2.35. The van der Waals surface area contributed by atoms with Crippen LogP contribution in [-0.2, 0) is 11.3 Å². The number of amides is 1. The average molecular weight is 325 g/mol. The molecule has 116 valence electrons. The van der Waals surface area contributed by atoms with Gasteiger partial charge in [0, 0.05) is 18.1 Å². The van der Waals surface area contributed by atoms with E-state index in [1.165, 1.54) is 9.58 Å². The van der Waals surface area contributed by atoms with E-state index in [4.69, 9.17) is 16.0 Å². The molecule has 0 radical (unpaired) electrons. The lowest BCUT2D eigenvalue weighted by molar-refractivity contribution is -0.133. The molecule has 1 aromatic carbocycles. The monoisotopic (exact) mass is 324 g/mol. The minimum absolute atomic E-state index is 0.124. The van der Waals surface area contributed by atoms with Crippen LogP contribution in [0.3, 0.4) is 0 Å². The Morgan fingerprint density at radius 2 is 2.00 bits per heavy atom. The molecule has 0 saturated carbocycles. The van der Waals surface area contributed by atoms with Gasteiger partial charge in [-0.15, -0.1) is 4.91 Å². The van der Waals surface area contributed by atoms with Gasteiger partial charge in [-0.05, 0) is 18.2 Å². The number of oxazole rings is 1. The van der Waals surface area contributed by atoms with Crippen molar-refractivity contribution in [2.24, 2.45) is 5.29 Å². The fourth-order valence-corrected chi connectivity index (χ4v) is 2.61. The van der Waals surface area contributed by atoms with E-state index in [1.54, 1.807) is 23.1 Å². The highest BCUT2D eigenvalue weighted by Crippen LogP contribution is 2.18. The minimum Gasteiger partial charge on any atom is -0.408 e. The van der Waals surface area contributed by atoms with E-state index < -0.39 is 5.76 Å². The van der Waals surface area contributed by atoms with Crippen LogP contribution in [0, 0.1) is 4.91 Å². The largest absolute Gasteiger partial charge is 0.420 e. The molecule has 9 heteroatoms. The zero-order chi connectivity index (χ0) is 15.7. The predicted octanol–water partition coefficient (Wildman–Crippen LogP) is 1.07. The highest BCUT2D eigenvalue weighted by Gasteiger charge is 2.22. The van der Waals surface area contributed by atoms with Crippen LogP contribution in [0.4, 0.5) is 0 Å². The topological polar surface area (TPSA) is 88.1 Å². The van der Waals surface area contributed by atoms with Gasteiger partial charge >= 0.3 is 5.76 Å². The SMILES string of the molecule is O=NN1CCN(C(=O)Cn2c(=O)oc3ccc(Cl)cc32)CC1. The third-order valence-electron chi connectivity index (χ3n) is 3.65. The van der Waals surface area contributed by atoms with Crippen molar-refractivity contribution in [3.63, 3.8) is 0 Å². The Bertz CT molecular complexity index is 776. The molecule has 0 unspecified atom stereocenters. The van der Waals surface area contributed by atoms with Crippen molar-refractivity contribution < 1.29 is 9.21 Å². The normalized spacial score (nSPS) is 15.3. The first kappa shape index (κ1) is 14.6. The van der Waals surface area contributed by atoms with Crippen LogP contribution in [0.2, 0.25) is 5.02 Å². The van der Waals surface area contributed by atoms with Crippen molar-refractivity contribution in [3.8, 4) is 0 Å². The van der Waals surface area contributed by atoms with Crippen LogP contribution in [-0.4, -0.2) is 46.6 Å². The smallest absolute Gasteiger partial charge is 0.408 e. The molecule has 3 rings (SSSR count). The third-order valence-corrected chi connectivity index (χ3v) is 3.88. The second-order valence-corrected chi connectivity index (χ2v) is 5.42. The van der Waals surface area contributed by atoms with Gasteiger partial charge in [0.1, 0.15) is 6.54 Å². The van der Waals surface area contributed by atoms with E-state index >= 15 is 0 Å². The van der Waals surface area contributed by atoms with Crippen molar-refractivity contribution >= 4 is 28.6 Å². The van der Waals surface area contributed by atoms with E-state index in [1.807, 2.05) is 0 Å². The quantitative estimate of drug-likeness (QED) is 0.788. The number of halogens is 1. The number of nitroso groups, excluding NO2 is 1. The van der Waals surface area contributed by atoms with Crippen molar-refractivity contribution in [2.45, 2.75) is 6.54 Å². The molecule has 8 nitrogen and oxygen atoms in total. The number of piperazine rings is 1. The summed E-state index contributed by atoms with van der Waals surface area (Å²) in [6.45, 7) is 1.45. The second kappa shape index (κ2) is 5.80. The molecule has 0 atom stereocenters. The predicted molar refractivity (Wildman–Crippen MR) is 79.4 cm³/mol. The van der Waals surface area contributed by atoms with Gasteiger partial charge in [-0.2, -0.15) is 0 Å². The van der Waals surface area contributed by atoms with Gasteiger partial charge in [-0.3, -0.25) is 14.4 Å². The van der Waals surface area contributed by atoms with Crippen LogP contribution in [0.15, 0.2) is 32.7 Å². The summed E-state index contributed by atoms with van der Waals surface area (Å²) < 4.78 is 6.35. The van der Waals surface area contributed by atoms with E-state index in [0.717, 1.165) is 0 Å². The first-order valence-corrected chi connectivity index (χ1v) is 7.11. The molecule has 1 aliphatic heterocycles. The molecule has 1 amide bonds. The van der Waals surface area contributed by atoms with Crippen molar-refractivity contribution in [3.05, 3.63) is 38.7 Å². The highest BCUT2D eigenvalue weighted by molar-refractivity contribution is 6.31. The Labute approximate surface area is 129 Å². The van der Waals surface area contributed by atoms with E-state index in [2.05, 4.69) is 5.29 Å².